The van der Waals surface area contributed by atoms with Crippen LogP contribution in [0.5, 0.6) is 0 Å². The zero-order valence-electron chi connectivity index (χ0n) is 11.9. The van der Waals surface area contributed by atoms with Gasteiger partial charge in [0.1, 0.15) is 0 Å². The van der Waals surface area contributed by atoms with Gasteiger partial charge in [0, 0.05) is 25.0 Å². The summed E-state index contributed by atoms with van der Waals surface area (Å²) in [5.74, 6) is 0.993. The molecule has 0 aromatic heterocycles. The molecule has 0 aliphatic carbocycles. The number of likely N-dealkylation sites (tertiary alicyclic amines) is 1. The largest absolute Gasteiger partial charge is 0.354 e. The highest BCUT2D eigenvalue weighted by Gasteiger charge is 2.30. The minimum absolute atomic E-state index is 0.0820. The molecule has 17 heavy (non-hydrogen) atoms. The van der Waals surface area contributed by atoms with Crippen LogP contribution in [0.25, 0.3) is 0 Å². The van der Waals surface area contributed by atoms with Crippen LogP contribution in [0.3, 0.4) is 0 Å². The Balaban J connectivity index is 2.47. The van der Waals surface area contributed by atoms with Crippen molar-refractivity contribution in [1.82, 2.24) is 10.2 Å². The summed E-state index contributed by atoms with van der Waals surface area (Å²) in [5.41, 5.74) is 0.0820. The van der Waals surface area contributed by atoms with Gasteiger partial charge in [-0.1, -0.05) is 20.3 Å². The molecule has 1 aliphatic rings. The molecule has 1 rings (SSSR count). The highest BCUT2D eigenvalue weighted by atomic mass is 16.1. The third-order valence-corrected chi connectivity index (χ3v) is 3.99. The van der Waals surface area contributed by atoms with Gasteiger partial charge in [-0.3, -0.25) is 9.69 Å². The van der Waals surface area contributed by atoms with Gasteiger partial charge in [0.25, 0.3) is 0 Å². The fourth-order valence-electron chi connectivity index (χ4n) is 2.50. The lowest BCUT2D eigenvalue weighted by Gasteiger charge is -2.43. The Morgan fingerprint density at radius 1 is 1.41 bits per heavy atom. The van der Waals surface area contributed by atoms with E-state index in [4.69, 9.17) is 0 Å². The molecule has 1 saturated heterocycles. The number of nitrogens with one attached hydrogen (secondary N) is 1. The molecular weight excluding hydrogens is 212 g/mol. The average molecular weight is 240 g/mol. The van der Waals surface area contributed by atoms with Crippen molar-refractivity contribution in [3.63, 3.8) is 0 Å². The fraction of sp³-hybridized carbons (Fsp3) is 0.929. The zero-order chi connectivity index (χ0) is 12.9. The predicted molar refractivity (Wildman–Crippen MR) is 72.0 cm³/mol. The first-order chi connectivity index (χ1) is 7.99. The van der Waals surface area contributed by atoms with Gasteiger partial charge in [0.15, 0.2) is 0 Å². The maximum absolute atomic E-state index is 11.3. The summed E-state index contributed by atoms with van der Waals surface area (Å²) in [6.45, 7) is 11.8. The second-order valence-corrected chi connectivity index (χ2v) is 5.81. The Kier molecular flexibility index (Phi) is 5.44. The summed E-state index contributed by atoms with van der Waals surface area (Å²) in [6.07, 6.45) is 4.51. The Labute approximate surface area is 106 Å². The number of nitrogens with zero attached hydrogens (tertiary/aromatic N) is 1. The van der Waals surface area contributed by atoms with E-state index in [-0.39, 0.29) is 11.4 Å². The molecule has 0 bridgehead atoms. The summed E-state index contributed by atoms with van der Waals surface area (Å²) < 4.78 is 0. The maximum atomic E-state index is 11.3. The molecule has 1 N–H and O–H groups in total. The van der Waals surface area contributed by atoms with Gasteiger partial charge in [-0.15, -0.1) is 0 Å². The van der Waals surface area contributed by atoms with Crippen LogP contribution < -0.4 is 5.32 Å². The van der Waals surface area contributed by atoms with Crippen LogP contribution in [0.2, 0.25) is 0 Å². The molecule has 3 heteroatoms. The van der Waals surface area contributed by atoms with E-state index in [1.54, 1.807) is 0 Å². The molecule has 0 unspecified atom stereocenters. The van der Waals surface area contributed by atoms with E-state index in [1.807, 2.05) is 6.92 Å². The molecule has 1 heterocycles. The first kappa shape index (κ1) is 14.5. The third-order valence-electron chi connectivity index (χ3n) is 3.99. The first-order valence-corrected chi connectivity index (χ1v) is 7.01. The topological polar surface area (TPSA) is 32.3 Å². The smallest absolute Gasteiger partial charge is 0.219 e. The van der Waals surface area contributed by atoms with E-state index in [2.05, 4.69) is 31.0 Å². The second kappa shape index (κ2) is 6.39. The lowest BCUT2D eigenvalue weighted by molar-refractivity contribution is -0.121. The van der Waals surface area contributed by atoms with Crippen molar-refractivity contribution in [3.05, 3.63) is 0 Å². The molecule has 0 spiro atoms. The van der Waals surface area contributed by atoms with Gasteiger partial charge < -0.3 is 5.32 Å². The molecule has 0 aromatic carbocycles. The van der Waals surface area contributed by atoms with Crippen molar-refractivity contribution in [1.29, 1.82) is 0 Å². The van der Waals surface area contributed by atoms with Gasteiger partial charge in [0.05, 0.1) is 0 Å². The van der Waals surface area contributed by atoms with Gasteiger partial charge >= 0.3 is 0 Å². The van der Waals surface area contributed by atoms with Crippen molar-refractivity contribution in [2.24, 2.45) is 5.92 Å². The summed E-state index contributed by atoms with van der Waals surface area (Å²) in [5, 5.41) is 3.02. The molecule has 3 nitrogen and oxygen atoms in total. The minimum atomic E-state index is 0.0820. The number of carbonyl (C=O) groups excluding carboxylic acids is 1. The number of amides is 1. The molecule has 100 valence electrons. The zero-order valence-corrected chi connectivity index (χ0v) is 11.9. The summed E-state index contributed by atoms with van der Waals surface area (Å²) in [4.78, 5) is 13.9. The van der Waals surface area contributed by atoms with E-state index in [0.717, 1.165) is 12.5 Å². The maximum Gasteiger partial charge on any atom is 0.219 e. The van der Waals surface area contributed by atoms with E-state index in [9.17, 15) is 4.79 Å². The van der Waals surface area contributed by atoms with Crippen LogP contribution in [-0.4, -0.2) is 36.0 Å². The highest BCUT2D eigenvalue weighted by molar-refractivity contribution is 5.75. The van der Waals surface area contributed by atoms with Crippen molar-refractivity contribution >= 4 is 5.91 Å². The Bertz CT molecular complexity index is 251. The second-order valence-electron chi connectivity index (χ2n) is 5.81. The number of carbonyl (C=O) groups is 1. The van der Waals surface area contributed by atoms with Crippen LogP contribution in [0.4, 0.5) is 0 Å². The van der Waals surface area contributed by atoms with E-state index < -0.39 is 0 Å². The van der Waals surface area contributed by atoms with E-state index >= 15 is 0 Å². The van der Waals surface area contributed by atoms with Crippen LogP contribution >= 0.6 is 0 Å². The lowest BCUT2D eigenvalue weighted by atomic mass is 9.91. The normalized spacial score (nSPS) is 22.5. The van der Waals surface area contributed by atoms with Gasteiger partial charge in [-0.25, -0.2) is 0 Å². The van der Waals surface area contributed by atoms with Crippen LogP contribution in [0, 0.1) is 5.92 Å². The fourth-order valence-corrected chi connectivity index (χ4v) is 2.50. The molecule has 1 amide bonds. The first-order valence-electron chi connectivity index (χ1n) is 7.01. The number of hydrogen-bond donors (Lipinski definition) is 1. The number of hydrogen-bond acceptors (Lipinski definition) is 2. The van der Waals surface area contributed by atoms with Crippen molar-refractivity contribution in [2.75, 3.05) is 19.6 Å². The Hall–Kier alpha value is -0.570. The van der Waals surface area contributed by atoms with Crippen molar-refractivity contribution in [2.45, 2.75) is 58.9 Å². The van der Waals surface area contributed by atoms with Crippen LogP contribution in [0.15, 0.2) is 0 Å². The summed E-state index contributed by atoms with van der Waals surface area (Å²) in [7, 11) is 0. The Morgan fingerprint density at radius 3 is 2.71 bits per heavy atom. The highest BCUT2D eigenvalue weighted by Crippen LogP contribution is 2.25. The quantitative estimate of drug-likeness (QED) is 0.800. The Morgan fingerprint density at radius 2 is 2.12 bits per heavy atom. The summed E-state index contributed by atoms with van der Waals surface area (Å²) >= 11 is 0. The molecule has 1 fully saturated rings. The molecule has 0 saturated carbocycles. The van der Waals surface area contributed by atoms with E-state index in [0.29, 0.717) is 6.42 Å². The van der Waals surface area contributed by atoms with Crippen molar-refractivity contribution < 1.29 is 4.79 Å². The molecule has 1 aliphatic heterocycles. The van der Waals surface area contributed by atoms with Gasteiger partial charge in [0.2, 0.25) is 5.91 Å². The average Bonchev–Trinajstić information content (AvgIpc) is 2.36. The number of rotatable bonds is 5. The standard InChI is InChI=1S/C14H28N2O/c1-5-12-8-7-9-16(10-12)14(3,4)11-15-13(17)6-2/h12H,5-11H2,1-4H3,(H,15,17)/t12-/m1/s1. The van der Waals surface area contributed by atoms with E-state index in [1.165, 1.54) is 32.4 Å². The minimum Gasteiger partial charge on any atom is -0.354 e. The third kappa shape index (κ3) is 4.30. The molecule has 0 aromatic rings. The molecule has 0 radical (unpaired) electrons. The van der Waals surface area contributed by atoms with Crippen molar-refractivity contribution in [3.8, 4) is 0 Å². The predicted octanol–water partition coefficient (Wildman–Crippen LogP) is 2.41. The molecule has 1 atom stereocenters. The lowest BCUT2D eigenvalue weighted by Crippen LogP contribution is -2.54. The SMILES string of the molecule is CCC(=O)NCC(C)(C)N1CCC[C@@H](CC)C1. The summed E-state index contributed by atoms with van der Waals surface area (Å²) in [6, 6.07) is 0. The van der Waals surface area contributed by atoms with Crippen LogP contribution in [-0.2, 0) is 4.79 Å². The number of piperidine rings is 1. The monoisotopic (exact) mass is 240 g/mol. The van der Waals surface area contributed by atoms with Crippen LogP contribution in [0.1, 0.15) is 53.4 Å². The van der Waals surface area contributed by atoms with Gasteiger partial charge in [-0.2, -0.15) is 0 Å². The molecular formula is C14H28N2O. The van der Waals surface area contributed by atoms with Gasteiger partial charge in [-0.05, 0) is 39.2 Å².